The van der Waals surface area contributed by atoms with E-state index >= 15 is 0 Å². The third-order valence-electron chi connectivity index (χ3n) is 2.74. The van der Waals surface area contributed by atoms with Crippen LogP contribution < -0.4 is 10.2 Å². The van der Waals surface area contributed by atoms with Gasteiger partial charge in [0.2, 0.25) is 0 Å². The monoisotopic (exact) mass is 264 g/mol. The summed E-state index contributed by atoms with van der Waals surface area (Å²) < 4.78 is 5.31. The van der Waals surface area contributed by atoms with Crippen LogP contribution in [0.25, 0.3) is 10.4 Å². The zero-order valence-corrected chi connectivity index (χ0v) is 10.1. The minimum absolute atomic E-state index is 0.0616. The van der Waals surface area contributed by atoms with E-state index in [9.17, 15) is 0 Å². The van der Waals surface area contributed by atoms with E-state index in [2.05, 4.69) is 24.9 Å². The fraction of sp³-hybridized carbons (Fsp3) is 0.556. The standard InChI is InChI=1S/C9H13BN6O3/c11-15-14-8-5-16(6-8)1-2-19-9-12-3-7(4-13-9)10(17)18/h3-4,8,17-18H,1-2,5-6H2. The third-order valence-corrected chi connectivity index (χ3v) is 2.74. The second kappa shape index (κ2) is 6.35. The van der Waals surface area contributed by atoms with Crippen molar-refractivity contribution in [3.8, 4) is 6.01 Å². The van der Waals surface area contributed by atoms with Crippen molar-refractivity contribution in [1.82, 2.24) is 14.9 Å². The summed E-state index contributed by atoms with van der Waals surface area (Å²) in [6.45, 7) is 2.60. The highest BCUT2D eigenvalue weighted by atomic mass is 16.5. The Bertz CT molecular complexity index is 458. The quantitative estimate of drug-likeness (QED) is 0.279. The van der Waals surface area contributed by atoms with Crippen molar-refractivity contribution in [2.24, 2.45) is 5.11 Å². The molecule has 2 heterocycles. The fourth-order valence-electron chi connectivity index (χ4n) is 1.67. The molecule has 10 heteroatoms. The van der Waals surface area contributed by atoms with Crippen LogP contribution in [0.4, 0.5) is 0 Å². The molecule has 9 nitrogen and oxygen atoms in total. The van der Waals surface area contributed by atoms with Gasteiger partial charge in [0, 0.05) is 42.4 Å². The van der Waals surface area contributed by atoms with Gasteiger partial charge in [0.25, 0.3) is 0 Å². The van der Waals surface area contributed by atoms with Crippen molar-refractivity contribution in [3.63, 3.8) is 0 Å². The highest BCUT2D eigenvalue weighted by Crippen LogP contribution is 2.10. The second-order valence-corrected chi connectivity index (χ2v) is 4.14. The van der Waals surface area contributed by atoms with Gasteiger partial charge in [-0.1, -0.05) is 5.11 Å². The summed E-state index contributed by atoms with van der Waals surface area (Å²) in [6, 6.07) is 0.253. The molecule has 0 bridgehead atoms. The Balaban J connectivity index is 1.67. The van der Waals surface area contributed by atoms with Gasteiger partial charge in [-0.15, -0.1) is 0 Å². The normalized spacial score (nSPS) is 15.5. The lowest BCUT2D eigenvalue weighted by atomic mass is 9.83. The number of rotatable bonds is 6. The lowest BCUT2D eigenvalue weighted by molar-refractivity contribution is 0.121. The average Bonchev–Trinajstić information content (AvgIpc) is 2.36. The Labute approximate surface area is 109 Å². The molecule has 19 heavy (non-hydrogen) atoms. The Hall–Kier alpha value is -1.87. The SMILES string of the molecule is [N-]=[N+]=NC1CN(CCOc2ncc(B(O)O)cn2)C1. The lowest BCUT2D eigenvalue weighted by Gasteiger charge is -2.36. The zero-order valence-electron chi connectivity index (χ0n) is 10.1. The van der Waals surface area contributed by atoms with Crippen LogP contribution in [0.3, 0.4) is 0 Å². The van der Waals surface area contributed by atoms with Gasteiger partial charge in [-0.25, -0.2) is 9.97 Å². The Morgan fingerprint density at radius 2 is 2.16 bits per heavy atom. The maximum Gasteiger partial charge on any atom is 0.491 e. The number of azide groups is 1. The maximum atomic E-state index is 8.87. The van der Waals surface area contributed by atoms with Gasteiger partial charge in [-0.3, -0.25) is 4.90 Å². The molecule has 0 amide bonds. The van der Waals surface area contributed by atoms with Crippen LogP contribution in [-0.2, 0) is 0 Å². The highest BCUT2D eigenvalue weighted by Gasteiger charge is 2.24. The van der Waals surface area contributed by atoms with Gasteiger partial charge < -0.3 is 14.8 Å². The van der Waals surface area contributed by atoms with Gasteiger partial charge in [0.05, 0.1) is 6.04 Å². The molecule has 0 aromatic carbocycles. The van der Waals surface area contributed by atoms with Gasteiger partial charge in [-0.2, -0.15) is 0 Å². The van der Waals surface area contributed by atoms with Crippen LogP contribution in [0.15, 0.2) is 17.5 Å². The van der Waals surface area contributed by atoms with E-state index in [-0.39, 0.29) is 17.5 Å². The van der Waals surface area contributed by atoms with Crippen LogP contribution in [0.5, 0.6) is 6.01 Å². The summed E-state index contributed by atoms with van der Waals surface area (Å²) in [7, 11) is -1.58. The minimum Gasteiger partial charge on any atom is -0.462 e. The van der Waals surface area contributed by atoms with Gasteiger partial charge >= 0.3 is 13.1 Å². The Morgan fingerprint density at radius 1 is 1.47 bits per heavy atom. The van der Waals surface area contributed by atoms with Crippen LogP contribution in [0.1, 0.15) is 0 Å². The summed E-state index contributed by atoms with van der Waals surface area (Å²) in [6.07, 6.45) is 2.60. The molecule has 2 N–H and O–H groups in total. The van der Waals surface area contributed by atoms with Crippen molar-refractivity contribution < 1.29 is 14.8 Å². The van der Waals surface area contributed by atoms with E-state index in [0.29, 0.717) is 13.2 Å². The van der Waals surface area contributed by atoms with Crippen molar-refractivity contribution in [3.05, 3.63) is 22.8 Å². The van der Waals surface area contributed by atoms with E-state index in [0.717, 1.165) is 13.1 Å². The molecule has 0 aliphatic carbocycles. The van der Waals surface area contributed by atoms with Crippen LogP contribution >= 0.6 is 0 Å². The van der Waals surface area contributed by atoms with Crippen LogP contribution in [-0.4, -0.2) is 64.3 Å². The molecular formula is C9H13BN6O3. The van der Waals surface area contributed by atoms with E-state index in [1.54, 1.807) is 0 Å². The van der Waals surface area contributed by atoms with E-state index in [1.807, 2.05) is 0 Å². The molecule has 0 atom stereocenters. The molecule has 0 unspecified atom stereocenters. The maximum absolute atomic E-state index is 8.87. The smallest absolute Gasteiger partial charge is 0.462 e. The van der Waals surface area contributed by atoms with E-state index < -0.39 is 7.12 Å². The molecule has 1 fully saturated rings. The topological polar surface area (TPSA) is 127 Å². The molecule has 1 aliphatic heterocycles. The number of aromatic nitrogens is 2. The number of likely N-dealkylation sites (tertiary alicyclic amines) is 1. The molecule has 0 spiro atoms. The average molecular weight is 264 g/mol. The second-order valence-electron chi connectivity index (χ2n) is 4.14. The molecular weight excluding hydrogens is 251 g/mol. The molecule has 0 saturated carbocycles. The molecule has 1 aromatic heterocycles. The lowest BCUT2D eigenvalue weighted by Crippen LogP contribution is -2.50. The Morgan fingerprint density at radius 3 is 2.74 bits per heavy atom. The third kappa shape index (κ3) is 3.80. The summed E-state index contributed by atoms with van der Waals surface area (Å²) in [4.78, 5) is 12.5. The van der Waals surface area contributed by atoms with Crippen molar-refractivity contribution in [2.45, 2.75) is 6.04 Å². The first kappa shape index (κ1) is 13.6. The van der Waals surface area contributed by atoms with Gasteiger partial charge in [0.1, 0.15) is 6.61 Å². The summed E-state index contributed by atoms with van der Waals surface area (Å²) >= 11 is 0. The van der Waals surface area contributed by atoms with E-state index in [1.165, 1.54) is 12.4 Å². The molecule has 2 rings (SSSR count). The first-order chi connectivity index (χ1) is 9.19. The summed E-state index contributed by atoms with van der Waals surface area (Å²) in [5, 5.41) is 21.3. The summed E-state index contributed by atoms with van der Waals surface area (Å²) in [5.41, 5.74) is 8.45. The predicted molar refractivity (Wildman–Crippen MR) is 66.7 cm³/mol. The fourth-order valence-corrected chi connectivity index (χ4v) is 1.67. The first-order valence-electron chi connectivity index (χ1n) is 5.76. The largest absolute Gasteiger partial charge is 0.491 e. The predicted octanol–water partition coefficient (Wildman–Crippen LogP) is -1.47. The number of nitrogens with zero attached hydrogens (tertiary/aromatic N) is 6. The van der Waals surface area contributed by atoms with Crippen LogP contribution in [0, 0.1) is 0 Å². The molecule has 1 saturated heterocycles. The van der Waals surface area contributed by atoms with Gasteiger partial charge in [-0.05, 0) is 5.53 Å². The first-order valence-corrected chi connectivity index (χ1v) is 5.76. The summed E-state index contributed by atoms with van der Waals surface area (Å²) in [5.74, 6) is 0. The highest BCUT2D eigenvalue weighted by molar-refractivity contribution is 6.58. The minimum atomic E-state index is -1.58. The number of ether oxygens (including phenoxy) is 1. The number of hydrogen-bond acceptors (Lipinski definition) is 7. The number of hydrogen-bond donors (Lipinski definition) is 2. The van der Waals surface area contributed by atoms with Crippen molar-refractivity contribution in [1.29, 1.82) is 0 Å². The molecule has 100 valence electrons. The van der Waals surface area contributed by atoms with Crippen molar-refractivity contribution >= 4 is 12.6 Å². The molecule has 1 aliphatic rings. The van der Waals surface area contributed by atoms with Crippen LogP contribution in [0.2, 0.25) is 0 Å². The molecule has 0 radical (unpaired) electrons. The Kier molecular flexibility index (Phi) is 4.53. The van der Waals surface area contributed by atoms with E-state index in [4.69, 9.17) is 20.3 Å². The zero-order chi connectivity index (χ0) is 13.7. The van der Waals surface area contributed by atoms with Crippen molar-refractivity contribution in [2.75, 3.05) is 26.2 Å². The van der Waals surface area contributed by atoms with Gasteiger partial charge in [0.15, 0.2) is 0 Å². The molecule has 1 aromatic rings.